The Kier molecular flexibility index (Phi) is 1.94. The van der Waals surface area contributed by atoms with E-state index in [1.807, 2.05) is 30.6 Å². The van der Waals surface area contributed by atoms with Gasteiger partial charge in [0.2, 0.25) is 0 Å². The van der Waals surface area contributed by atoms with Gasteiger partial charge in [0.15, 0.2) is 0 Å². The number of fused-ring (bicyclic) bond motifs is 3. The van der Waals surface area contributed by atoms with Gasteiger partial charge in [-0.1, -0.05) is 18.2 Å². The van der Waals surface area contributed by atoms with E-state index in [1.165, 1.54) is 16.5 Å². The van der Waals surface area contributed by atoms with Crippen LogP contribution < -0.4 is 4.90 Å². The molecule has 0 amide bonds. The van der Waals surface area contributed by atoms with Gasteiger partial charge in [0.1, 0.15) is 11.2 Å². The molecule has 3 heteroatoms. The lowest BCUT2D eigenvalue weighted by atomic mass is 10.1. The van der Waals surface area contributed by atoms with Crippen molar-refractivity contribution in [2.75, 3.05) is 18.0 Å². The number of rotatable bonds is 1. The smallest absolute Gasteiger partial charge is 0.135 e. The van der Waals surface area contributed by atoms with E-state index in [9.17, 15) is 0 Å². The fraction of sp³-hybridized carbons (Fsp3) is 0.133. The number of furan rings is 1. The van der Waals surface area contributed by atoms with Crippen LogP contribution in [0.2, 0.25) is 0 Å². The predicted octanol–water partition coefficient (Wildman–Crippen LogP) is 3.43. The highest BCUT2D eigenvalue weighted by Gasteiger charge is 2.11. The van der Waals surface area contributed by atoms with E-state index in [2.05, 4.69) is 28.1 Å². The quantitative estimate of drug-likeness (QED) is 0.647. The van der Waals surface area contributed by atoms with Crippen LogP contribution in [0.5, 0.6) is 0 Å². The van der Waals surface area contributed by atoms with Crippen LogP contribution in [0.1, 0.15) is 0 Å². The van der Waals surface area contributed by atoms with Crippen LogP contribution in [0.3, 0.4) is 0 Å². The molecule has 2 aromatic carbocycles. The van der Waals surface area contributed by atoms with Crippen molar-refractivity contribution in [2.45, 2.75) is 0 Å². The summed E-state index contributed by atoms with van der Waals surface area (Å²) in [6.07, 6.45) is 1.91. The minimum absolute atomic E-state index is 0.879. The standard InChI is InChI=1S/C15H12N2O/c1-2-4-14-12(3-1)13-9-11(5-6-15(13)18-14)17-8-7-16-10-17/h1-6,9-10H,7-8H2. The maximum Gasteiger partial charge on any atom is 0.135 e. The van der Waals surface area contributed by atoms with E-state index in [4.69, 9.17) is 4.42 Å². The summed E-state index contributed by atoms with van der Waals surface area (Å²) in [4.78, 5) is 6.42. The van der Waals surface area contributed by atoms with Crippen molar-refractivity contribution in [1.29, 1.82) is 0 Å². The minimum atomic E-state index is 0.879. The second-order valence-corrected chi connectivity index (χ2v) is 4.49. The number of benzene rings is 2. The molecule has 0 unspecified atom stereocenters. The average Bonchev–Trinajstić information content (AvgIpc) is 3.05. The molecule has 2 heterocycles. The van der Waals surface area contributed by atoms with Crippen LogP contribution in [0.25, 0.3) is 21.9 Å². The zero-order valence-corrected chi connectivity index (χ0v) is 9.84. The van der Waals surface area contributed by atoms with Crippen molar-refractivity contribution in [3.05, 3.63) is 42.5 Å². The summed E-state index contributed by atoms with van der Waals surface area (Å²) in [6.45, 7) is 1.84. The van der Waals surface area contributed by atoms with Crippen LogP contribution in [0, 0.1) is 0 Å². The molecule has 0 saturated carbocycles. The number of hydrogen-bond donors (Lipinski definition) is 0. The van der Waals surface area contributed by atoms with Gasteiger partial charge in [0, 0.05) is 23.0 Å². The number of hydrogen-bond acceptors (Lipinski definition) is 3. The number of para-hydroxylation sites is 1. The predicted molar refractivity (Wildman–Crippen MR) is 74.4 cm³/mol. The molecule has 0 fully saturated rings. The first-order valence-electron chi connectivity index (χ1n) is 6.10. The third-order valence-corrected chi connectivity index (χ3v) is 3.38. The molecule has 3 nitrogen and oxygen atoms in total. The van der Waals surface area contributed by atoms with E-state index < -0.39 is 0 Å². The maximum atomic E-state index is 5.82. The summed E-state index contributed by atoms with van der Waals surface area (Å²) in [5.41, 5.74) is 3.06. The number of nitrogens with zero attached hydrogens (tertiary/aromatic N) is 2. The molecule has 1 aliphatic heterocycles. The van der Waals surface area contributed by atoms with Gasteiger partial charge in [0.05, 0.1) is 12.9 Å². The van der Waals surface area contributed by atoms with Crippen molar-refractivity contribution >= 4 is 34.0 Å². The molecule has 4 rings (SSSR count). The Morgan fingerprint density at radius 2 is 1.89 bits per heavy atom. The largest absolute Gasteiger partial charge is 0.456 e. The van der Waals surface area contributed by atoms with Gasteiger partial charge in [0.25, 0.3) is 0 Å². The summed E-state index contributed by atoms with van der Waals surface area (Å²) >= 11 is 0. The first-order chi connectivity index (χ1) is 8.92. The van der Waals surface area contributed by atoms with Crippen LogP contribution in [0.15, 0.2) is 51.9 Å². The molecule has 0 saturated heterocycles. The fourth-order valence-corrected chi connectivity index (χ4v) is 2.47. The zero-order chi connectivity index (χ0) is 11.9. The lowest BCUT2D eigenvalue weighted by Gasteiger charge is -2.13. The van der Waals surface area contributed by atoms with E-state index in [0.717, 1.165) is 24.3 Å². The molecule has 1 aromatic heterocycles. The Hall–Kier alpha value is -2.29. The molecule has 0 spiro atoms. The van der Waals surface area contributed by atoms with Crippen LogP contribution in [0.4, 0.5) is 5.69 Å². The highest BCUT2D eigenvalue weighted by Crippen LogP contribution is 2.31. The van der Waals surface area contributed by atoms with Gasteiger partial charge >= 0.3 is 0 Å². The lowest BCUT2D eigenvalue weighted by Crippen LogP contribution is -2.17. The van der Waals surface area contributed by atoms with Crippen LogP contribution in [-0.4, -0.2) is 19.4 Å². The van der Waals surface area contributed by atoms with Gasteiger partial charge in [-0.15, -0.1) is 0 Å². The Labute approximate surface area is 104 Å². The van der Waals surface area contributed by atoms with Crippen LogP contribution in [-0.2, 0) is 0 Å². The van der Waals surface area contributed by atoms with Gasteiger partial charge in [-0.3, -0.25) is 4.99 Å². The monoisotopic (exact) mass is 236 g/mol. The summed E-state index contributed by atoms with van der Waals surface area (Å²) in [5, 5.41) is 2.34. The van der Waals surface area contributed by atoms with E-state index in [0.29, 0.717) is 0 Å². The second kappa shape index (κ2) is 3.60. The highest BCUT2D eigenvalue weighted by molar-refractivity contribution is 6.06. The van der Waals surface area contributed by atoms with E-state index >= 15 is 0 Å². The summed E-state index contributed by atoms with van der Waals surface area (Å²) in [6, 6.07) is 14.5. The molecule has 18 heavy (non-hydrogen) atoms. The van der Waals surface area contributed by atoms with E-state index in [1.54, 1.807) is 0 Å². The maximum absolute atomic E-state index is 5.82. The first kappa shape index (κ1) is 9.71. The average molecular weight is 236 g/mol. The van der Waals surface area contributed by atoms with Gasteiger partial charge in [-0.25, -0.2) is 0 Å². The molecular formula is C15H12N2O. The van der Waals surface area contributed by atoms with Crippen molar-refractivity contribution < 1.29 is 4.42 Å². The fourth-order valence-electron chi connectivity index (χ4n) is 2.47. The second-order valence-electron chi connectivity index (χ2n) is 4.49. The molecule has 3 aromatic rings. The van der Waals surface area contributed by atoms with Crippen LogP contribution >= 0.6 is 0 Å². The third-order valence-electron chi connectivity index (χ3n) is 3.38. The van der Waals surface area contributed by atoms with Crippen molar-refractivity contribution in [1.82, 2.24) is 0 Å². The Morgan fingerprint density at radius 1 is 1.00 bits per heavy atom. The van der Waals surface area contributed by atoms with Gasteiger partial charge < -0.3 is 9.32 Å². The first-order valence-corrected chi connectivity index (χ1v) is 6.10. The minimum Gasteiger partial charge on any atom is -0.456 e. The molecule has 1 aliphatic rings. The lowest BCUT2D eigenvalue weighted by molar-refractivity contribution is 0.669. The normalized spacial score (nSPS) is 15.0. The molecular weight excluding hydrogens is 224 g/mol. The number of aliphatic imine (C=N–C) groups is 1. The molecule has 88 valence electrons. The summed E-state index contributed by atoms with van der Waals surface area (Å²) < 4.78 is 5.82. The van der Waals surface area contributed by atoms with Gasteiger partial charge in [-0.2, -0.15) is 0 Å². The van der Waals surface area contributed by atoms with Gasteiger partial charge in [-0.05, 0) is 24.3 Å². The topological polar surface area (TPSA) is 28.7 Å². The molecule has 0 N–H and O–H groups in total. The Morgan fingerprint density at radius 3 is 2.78 bits per heavy atom. The molecule has 0 bridgehead atoms. The highest BCUT2D eigenvalue weighted by atomic mass is 16.3. The molecule has 0 aliphatic carbocycles. The summed E-state index contributed by atoms with van der Waals surface area (Å²) in [7, 11) is 0. The summed E-state index contributed by atoms with van der Waals surface area (Å²) in [5.74, 6) is 0. The SMILES string of the molecule is C1=NCCN1c1ccc2oc3ccccc3c2c1. The van der Waals surface area contributed by atoms with E-state index in [-0.39, 0.29) is 0 Å². The molecule has 0 radical (unpaired) electrons. The third kappa shape index (κ3) is 1.34. The Balaban J connectivity index is 1.97. The van der Waals surface area contributed by atoms with Crippen molar-refractivity contribution in [3.8, 4) is 0 Å². The van der Waals surface area contributed by atoms with Crippen molar-refractivity contribution in [3.63, 3.8) is 0 Å². The number of anilines is 1. The Bertz CT molecular complexity index is 757. The van der Waals surface area contributed by atoms with Crippen molar-refractivity contribution in [2.24, 2.45) is 4.99 Å². The zero-order valence-electron chi connectivity index (χ0n) is 9.84. The molecule has 0 atom stereocenters.